The molecule has 3 aliphatic heterocycles. The Morgan fingerprint density at radius 2 is 1.76 bits per heavy atom. The largest absolute Gasteiger partial charge is 0.432 e. The lowest BCUT2D eigenvalue weighted by atomic mass is 9.82. The Morgan fingerprint density at radius 1 is 1.04 bits per heavy atom. The predicted octanol–water partition coefficient (Wildman–Crippen LogP) is 4.38. The number of nitrogens with one attached hydrogen (secondary N) is 2. The van der Waals surface area contributed by atoms with Crippen LogP contribution >= 0.6 is 0 Å². The van der Waals surface area contributed by atoms with E-state index in [1.807, 2.05) is 98.9 Å². The summed E-state index contributed by atoms with van der Waals surface area (Å²) in [6.07, 6.45) is 1.15. The average Bonchev–Trinajstić information content (AvgIpc) is 3.52. The number of ether oxygens (including phenoxy) is 1. The molecule has 0 aromatic heterocycles. The molecule has 3 heterocycles. The van der Waals surface area contributed by atoms with Crippen LogP contribution in [0.3, 0.4) is 0 Å². The van der Waals surface area contributed by atoms with Crippen LogP contribution in [0.5, 0.6) is 0 Å². The molecular weight excluding hydrogens is 637 g/mol. The molecule has 6 rings (SSSR count). The SMILES string of the molecule is C[C@H]1[C@H]([Si](C)(C)O)[C@@H](CC(=O)N(CCO)Cc2ccccc2)O[C@]12C(=O)N(Cc1ccc(NC(=O)C3CCCNC3)cc1)c1ccccc12. The summed E-state index contributed by atoms with van der Waals surface area (Å²) in [6.45, 7) is 7.91. The topological polar surface area (TPSA) is 131 Å². The van der Waals surface area contributed by atoms with Crippen molar-refractivity contribution in [1.82, 2.24) is 10.2 Å². The Morgan fingerprint density at radius 3 is 2.43 bits per heavy atom. The van der Waals surface area contributed by atoms with Crippen molar-refractivity contribution in [3.05, 3.63) is 95.6 Å². The second-order valence-electron chi connectivity index (χ2n) is 14.2. The van der Waals surface area contributed by atoms with Crippen LogP contribution in [-0.2, 0) is 37.8 Å². The third kappa shape index (κ3) is 7.09. The van der Waals surface area contributed by atoms with E-state index in [1.54, 1.807) is 9.80 Å². The zero-order chi connectivity index (χ0) is 34.8. The van der Waals surface area contributed by atoms with E-state index >= 15 is 0 Å². The van der Waals surface area contributed by atoms with Gasteiger partial charge in [0.05, 0.1) is 37.3 Å². The predicted molar refractivity (Wildman–Crippen MR) is 191 cm³/mol. The Bertz CT molecular complexity index is 1640. The maximum absolute atomic E-state index is 14.7. The van der Waals surface area contributed by atoms with Gasteiger partial charge in [0.15, 0.2) is 13.9 Å². The van der Waals surface area contributed by atoms with E-state index in [0.717, 1.165) is 41.8 Å². The van der Waals surface area contributed by atoms with Gasteiger partial charge in [0.25, 0.3) is 5.91 Å². The summed E-state index contributed by atoms with van der Waals surface area (Å²) >= 11 is 0. The Labute approximate surface area is 289 Å². The summed E-state index contributed by atoms with van der Waals surface area (Å²) in [5.41, 5.74) is 2.28. The fourth-order valence-electron chi connectivity index (χ4n) is 8.10. The molecule has 2 fully saturated rings. The average molecular weight is 685 g/mol. The zero-order valence-electron chi connectivity index (χ0n) is 28.6. The van der Waals surface area contributed by atoms with Crippen LogP contribution in [0, 0.1) is 11.8 Å². The van der Waals surface area contributed by atoms with Crippen molar-refractivity contribution >= 4 is 37.4 Å². The first-order valence-electron chi connectivity index (χ1n) is 17.4. The fourth-order valence-corrected chi connectivity index (χ4v) is 10.7. The summed E-state index contributed by atoms with van der Waals surface area (Å²) in [4.78, 5) is 56.3. The van der Waals surface area contributed by atoms with E-state index in [0.29, 0.717) is 25.3 Å². The number of rotatable bonds is 11. The van der Waals surface area contributed by atoms with E-state index in [1.165, 1.54) is 0 Å². The second kappa shape index (κ2) is 14.5. The summed E-state index contributed by atoms with van der Waals surface area (Å²) in [5.74, 6) is -0.845. The molecule has 0 bridgehead atoms. The van der Waals surface area contributed by atoms with Gasteiger partial charge in [-0.2, -0.15) is 0 Å². The van der Waals surface area contributed by atoms with E-state index in [4.69, 9.17) is 4.74 Å². The molecule has 3 aromatic carbocycles. The quantitative estimate of drug-likeness (QED) is 0.221. The number of carbonyl (C=O) groups is 3. The van der Waals surface area contributed by atoms with Gasteiger partial charge in [0.2, 0.25) is 11.8 Å². The highest BCUT2D eigenvalue weighted by atomic mass is 28.4. The summed E-state index contributed by atoms with van der Waals surface area (Å²) in [7, 11) is -2.97. The minimum atomic E-state index is -2.97. The number of nitrogens with zero attached hydrogens (tertiary/aromatic N) is 2. The van der Waals surface area contributed by atoms with Crippen molar-refractivity contribution < 1.29 is 29.0 Å². The number of para-hydroxylation sites is 1. The molecule has 0 aliphatic carbocycles. The smallest absolute Gasteiger partial charge is 0.264 e. The Balaban J connectivity index is 1.23. The molecule has 3 amide bonds. The van der Waals surface area contributed by atoms with Crippen LogP contribution in [0.1, 0.15) is 42.9 Å². The van der Waals surface area contributed by atoms with Gasteiger partial charge in [-0.05, 0) is 61.8 Å². The minimum Gasteiger partial charge on any atom is -0.432 e. The first-order chi connectivity index (χ1) is 23.5. The van der Waals surface area contributed by atoms with Crippen molar-refractivity contribution in [2.75, 3.05) is 36.5 Å². The summed E-state index contributed by atoms with van der Waals surface area (Å²) in [6, 6.07) is 24.8. The first kappa shape index (κ1) is 35.0. The summed E-state index contributed by atoms with van der Waals surface area (Å²) in [5, 5.41) is 16.1. The first-order valence-corrected chi connectivity index (χ1v) is 20.4. The van der Waals surface area contributed by atoms with Crippen LogP contribution < -0.4 is 15.5 Å². The zero-order valence-corrected chi connectivity index (χ0v) is 29.6. The number of piperidine rings is 1. The molecule has 10 nitrogen and oxygen atoms in total. The monoisotopic (exact) mass is 684 g/mol. The number of hydrogen-bond acceptors (Lipinski definition) is 7. The number of benzene rings is 3. The van der Waals surface area contributed by atoms with Gasteiger partial charge in [0, 0.05) is 42.3 Å². The number of fused-ring (bicyclic) bond motifs is 2. The van der Waals surface area contributed by atoms with Gasteiger partial charge in [-0.15, -0.1) is 0 Å². The maximum atomic E-state index is 14.7. The van der Waals surface area contributed by atoms with E-state index in [2.05, 4.69) is 10.6 Å². The van der Waals surface area contributed by atoms with Gasteiger partial charge in [-0.1, -0.05) is 67.6 Å². The lowest BCUT2D eigenvalue weighted by molar-refractivity contribution is -0.150. The third-order valence-corrected chi connectivity index (χ3v) is 12.9. The minimum absolute atomic E-state index is 0.00963. The van der Waals surface area contributed by atoms with Crippen LogP contribution in [-0.4, -0.2) is 73.2 Å². The normalized spacial score (nSPS) is 25.0. The van der Waals surface area contributed by atoms with Crippen molar-refractivity contribution in [2.24, 2.45) is 11.8 Å². The second-order valence-corrected chi connectivity index (χ2v) is 18.2. The van der Waals surface area contributed by atoms with Crippen molar-refractivity contribution in [3.8, 4) is 0 Å². The molecule has 3 aliphatic rings. The van der Waals surface area contributed by atoms with Crippen LogP contribution in [0.2, 0.25) is 18.6 Å². The number of amides is 3. The summed E-state index contributed by atoms with van der Waals surface area (Å²) < 4.78 is 6.86. The van der Waals surface area contributed by atoms with Crippen molar-refractivity contribution in [1.29, 1.82) is 0 Å². The van der Waals surface area contributed by atoms with Crippen LogP contribution in [0.4, 0.5) is 11.4 Å². The molecule has 2 saturated heterocycles. The number of aliphatic hydroxyl groups is 1. The maximum Gasteiger partial charge on any atom is 0.264 e. The molecule has 49 heavy (non-hydrogen) atoms. The molecule has 0 saturated carbocycles. The molecule has 3 aromatic rings. The van der Waals surface area contributed by atoms with Gasteiger partial charge < -0.3 is 35.1 Å². The molecule has 260 valence electrons. The Kier molecular flexibility index (Phi) is 10.4. The van der Waals surface area contributed by atoms with Crippen LogP contribution in [0.15, 0.2) is 78.9 Å². The number of hydrogen-bond donors (Lipinski definition) is 4. The Hall–Kier alpha value is -3.87. The molecule has 1 unspecified atom stereocenters. The van der Waals surface area contributed by atoms with Crippen LogP contribution in [0.25, 0.3) is 0 Å². The van der Waals surface area contributed by atoms with Crippen molar-refractivity contribution in [2.45, 2.75) is 69.6 Å². The standard InChI is InChI=1S/C38H48N4O6Si/c1-26-35(49(2,3)47)33(22-34(44)41(20-21-43)24-27-10-5-4-6-11-27)48-38(26)31-13-7-8-14-32(31)42(37(38)46)25-28-15-17-30(18-16-28)40-36(45)29-12-9-19-39-23-29/h4-8,10-11,13-18,26,29,33,35,39,43,47H,9,12,19-25H2,1-3H3,(H,40,45)/t26-,29?,33+,35-,38+/m0/s1. The number of aliphatic hydroxyl groups excluding tert-OH is 1. The van der Waals surface area contributed by atoms with Gasteiger partial charge in [-0.25, -0.2) is 0 Å². The molecule has 4 N–H and O–H groups in total. The fraction of sp³-hybridized carbons (Fsp3) is 0.447. The van der Waals surface area contributed by atoms with E-state index < -0.39 is 31.5 Å². The molecular formula is C38H48N4O6Si. The highest BCUT2D eigenvalue weighted by molar-refractivity contribution is 6.71. The van der Waals surface area contributed by atoms with Gasteiger partial charge in [0.1, 0.15) is 0 Å². The number of carbonyl (C=O) groups excluding carboxylic acids is 3. The molecule has 1 spiro atoms. The highest BCUT2D eigenvalue weighted by Gasteiger charge is 2.66. The lowest BCUT2D eigenvalue weighted by Crippen LogP contribution is -2.46. The molecule has 11 heteroatoms. The number of anilines is 2. The van der Waals surface area contributed by atoms with Gasteiger partial charge in [-0.3, -0.25) is 14.4 Å². The molecule has 0 radical (unpaired) electrons. The molecule has 5 atom stereocenters. The van der Waals surface area contributed by atoms with E-state index in [-0.39, 0.29) is 43.2 Å². The van der Waals surface area contributed by atoms with E-state index in [9.17, 15) is 24.3 Å². The van der Waals surface area contributed by atoms with Crippen molar-refractivity contribution in [3.63, 3.8) is 0 Å². The highest BCUT2D eigenvalue weighted by Crippen LogP contribution is 2.59. The van der Waals surface area contributed by atoms with Gasteiger partial charge >= 0.3 is 0 Å². The lowest BCUT2D eigenvalue weighted by Gasteiger charge is -2.32. The third-order valence-electron chi connectivity index (χ3n) is 10.4.